The molecule has 0 bridgehead atoms. The van der Waals surface area contributed by atoms with Crippen LogP contribution in [0.4, 0.5) is 0 Å². The molecule has 0 amide bonds. The topological polar surface area (TPSA) is 48.1 Å². The highest BCUT2D eigenvalue weighted by atomic mass is 32.1. The van der Waals surface area contributed by atoms with Crippen molar-refractivity contribution in [3.8, 4) is 5.75 Å². The van der Waals surface area contributed by atoms with Crippen LogP contribution in [0.15, 0.2) is 36.5 Å². The molecule has 0 spiro atoms. The van der Waals surface area contributed by atoms with Crippen LogP contribution in [0, 0.1) is 13.8 Å². The van der Waals surface area contributed by atoms with Crippen LogP contribution in [-0.4, -0.2) is 16.6 Å². The first-order valence-electron chi connectivity index (χ1n) is 6.51. The normalized spacial score (nSPS) is 10.3. The van der Waals surface area contributed by atoms with Crippen LogP contribution in [-0.2, 0) is 6.42 Å². The van der Waals surface area contributed by atoms with Gasteiger partial charge in [0.2, 0.25) is 0 Å². The summed E-state index contributed by atoms with van der Waals surface area (Å²) in [4.78, 5) is 4.69. The van der Waals surface area contributed by atoms with E-state index >= 15 is 0 Å². The van der Waals surface area contributed by atoms with Gasteiger partial charge < -0.3 is 10.5 Å². The molecule has 0 saturated heterocycles. The Balaban J connectivity index is 2.05. The number of benzene rings is 1. The second-order valence-electron chi connectivity index (χ2n) is 4.72. The van der Waals surface area contributed by atoms with E-state index in [2.05, 4.69) is 4.98 Å². The van der Waals surface area contributed by atoms with Gasteiger partial charge in [-0.05, 0) is 49.2 Å². The number of rotatable bonds is 5. The number of aromatic nitrogens is 1. The van der Waals surface area contributed by atoms with E-state index in [0.717, 1.165) is 34.6 Å². The molecule has 0 atom stereocenters. The van der Waals surface area contributed by atoms with Gasteiger partial charge in [-0.25, -0.2) is 0 Å². The van der Waals surface area contributed by atoms with Gasteiger partial charge in [0, 0.05) is 23.9 Å². The van der Waals surface area contributed by atoms with Gasteiger partial charge in [-0.15, -0.1) is 0 Å². The van der Waals surface area contributed by atoms with Crippen LogP contribution < -0.4 is 10.5 Å². The van der Waals surface area contributed by atoms with Crippen molar-refractivity contribution >= 4 is 17.2 Å². The highest BCUT2D eigenvalue weighted by molar-refractivity contribution is 7.80. The van der Waals surface area contributed by atoms with E-state index in [1.165, 1.54) is 0 Å². The summed E-state index contributed by atoms with van der Waals surface area (Å²) in [5, 5.41) is 0. The Kier molecular flexibility index (Phi) is 4.69. The molecule has 2 aromatic rings. The van der Waals surface area contributed by atoms with Crippen LogP contribution in [0.3, 0.4) is 0 Å². The highest BCUT2D eigenvalue weighted by Crippen LogP contribution is 2.25. The molecule has 2 N–H and O–H groups in total. The zero-order valence-electron chi connectivity index (χ0n) is 11.7. The second-order valence-corrected chi connectivity index (χ2v) is 5.16. The summed E-state index contributed by atoms with van der Waals surface area (Å²) in [5.74, 6) is 0.904. The van der Waals surface area contributed by atoms with Crippen LogP contribution in [0.2, 0.25) is 0 Å². The highest BCUT2D eigenvalue weighted by Gasteiger charge is 2.08. The van der Waals surface area contributed by atoms with Gasteiger partial charge in [-0.3, -0.25) is 4.98 Å². The smallest absolute Gasteiger partial charge is 0.125 e. The van der Waals surface area contributed by atoms with Gasteiger partial charge in [0.1, 0.15) is 10.7 Å². The van der Waals surface area contributed by atoms with Crippen LogP contribution in [0.25, 0.3) is 0 Å². The van der Waals surface area contributed by atoms with E-state index in [1.54, 1.807) is 6.20 Å². The minimum Gasteiger partial charge on any atom is -0.493 e. The average molecular weight is 286 g/mol. The molecule has 1 heterocycles. The van der Waals surface area contributed by atoms with Crippen molar-refractivity contribution in [2.24, 2.45) is 5.73 Å². The molecule has 0 aliphatic heterocycles. The van der Waals surface area contributed by atoms with Crippen LogP contribution in [0.1, 0.15) is 22.4 Å². The molecule has 0 aliphatic carbocycles. The number of thiocarbonyl (C=S) groups is 1. The van der Waals surface area contributed by atoms with E-state index in [1.807, 2.05) is 44.2 Å². The number of nitrogens with two attached hydrogens (primary N) is 1. The van der Waals surface area contributed by atoms with Crippen molar-refractivity contribution in [2.45, 2.75) is 20.3 Å². The Bertz CT molecular complexity index is 588. The maximum absolute atomic E-state index is 5.88. The lowest BCUT2D eigenvalue weighted by atomic mass is 10.1. The first kappa shape index (κ1) is 14.5. The molecule has 1 aromatic heterocycles. The number of ether oxygens (including phenoxy) is 1. The zero-order chi connectivity index (χ0) is 14.5. The molecule has 3 nitrogen and oxygen atoms in total. The van der Waals surface area contributed by atoms with Crippen LogP contribution >= 0.6 is 12.2 Å². The Hall–Kier alpha value is -1.94. The van der Waals surface area contributed by atoms with Crippen molar-refractivity contribution in [1.82, 2.24) is 4.98 Å². The standard InChI is InChI=1S/C16H18N2OS/c1-11-9-13(16(17)20)10-12(2)15(11)19-8-6-14-5-3-4-7-18-14/h3-5,7,9-10H,6,8H2,1-2H3,(H2,17,20). The Morgan fingerprint density at radius 1 is 1.25 bits per heavy atom. The number of nitrogens with zero attached hydrogens (tertiary/aromatic N) is 1. The summed E-state index contributed by atoms with van der Waals surface area (Å²) >= 11 is 5.00. The van der Waals surface area contributed by atoms with Crippen LogP contribution in [0.5, 0.6) is 5.75 Å². The number of pyridine rings is 1. The molecule has 2 rings (SSSR count). The van der Waals surface area contributed by atoms with Crippen molar-refractivity contribution in [3.05, 3.63) is 58.9 Å². The Morgan fingerprint density at radius 3 is 2.50 bits per heavy atom. The van der Waals surface area contributed by atoms with Crippen molar-refractivity contribution < 1.29 is 4.74 Å². The average Bonchev–Trinajstić information content (AvgIpc) is 2.42. The quantitative estimate of drug-likeness (QED) is 0.859. The third kappa shape index (κ3) is 3.54. The maximum Gasteiger partial charge on any atom is 0.125 e. The number of aryl methyl sites for hydroxylation is 2. The molecule has 0 unspecified atom stereocenters. The lowest BCUT2D eigenvalue weighted by molar-refractivity contribution is 0.316. The molecule has 0 fully saturated rings. The molecule has 0 radical (unpaired) electrons. The zero-order valence-corrected chi connectivity index (χ0v) is 12.5. The molecular formula is C16H18N2OS. The Labute approximate surface area is 124 Å². The SMILES string of the molecule is Cc1cc(C(N)=S)cc(C)c1OCCc1ccccn1. The van der Waals surface area contributed by atoms with Gasteiger partial charge in [-0.2, -0.15) is 0 Å². The second kappa shape index (κ2) is 6.48. The van der Waals surface area contributed by atoms with Crippen molar-refractivity contribution in [3.63, 3.8) is 0 Å². The largest absolute Gasteiger partial charge is 0.493 e. The first-order chi connectivity index (χ1) is 9.58. The molecule has 0 aliphatic rings. The van der Waals surface area contributed by atoms with Gasteiger partial charge >= 0.3 is 0 Å². The third-order valence-electron chi connectivity index (χ3n) is 3.08. The predicted octanol–water partition coefficient (Wildman–Crippen LogP) is 2.95. The van der Waals surface area contributed by atoms with E-state index in [-0.39, 0.29) is 0 Å². The van der Waals surface area contributed by atoms with Gasteiger partial charge in [-0.1, -0.05) is 18.3 Å². The summed E-state index contributed by atoms with van der Waals surface area (Å²) in [5.41, 5.74) is 9.67. The fraction of sp³-hybridized carbons (Fsp3) is 0.250. The third-order valence-corrected chi connectivity index (χ3v) is 3.31. The summed E-state index contributed by atoms with van der Waals surface area (Å²) < 4.78 is 5.88. The minimum atomic E-state index is 0.413. The van der Waals surface area contributed by atoms with Gasteiger partial charge in [0.25, 0.3) is 0 Å². The van der Waals surface area contributed by atoms with Gasteiger partial charge in [0.15, 0.2) is 0 Å². The maximum atomic E-state index is 5.88. The van der Waals surface area contributed by atoms with E-state index < -0.39 is 0 Å². The lowest BCUT2D eigenvalue weighted by Crippen LogP contribution is -2.11. The summed E-state index contributed by atoms with van der Waals surface area (Å²) in [6.07, 6.45) is 2.58. The van der Waals surface area contributed by atoms with Gasteiger partial charge in [0.05, 0.1) is 6.61 Å². The first-order valence-corrected chi connectivity index (χ1v) is 6.92. The fourth-order valence-electron chi connectivity index (χ4n) is 2.12. The minimum absolute atomic E-state index is 0.413. The molecule has 4 heteroatoms. The van der Waals surface area contributed by atoms with E-state index in [4.69, 9.17) is 22.7 Å². The number of hydrogen-bond donors (Lipinski definition) is 1. The predicted molar refractivity (Wildman–Crippen MR) is 85.2 cm³/mol. The monoisotopic (exact) mass is 286 g/mol. The summed E-state index contributed by atoms with van der Waals surface area (Å²) in [6.45, 7) is 4.61. The van der Waals surface area contributed by atoms with Crippen molar-refractivity contribution in [1.29, 1.82) is 0 Å². The summed E-state index contributed by atoms with van der Waals surface area (Å²) in [6, 6.07) is 9.82. The van der Waals surface area contributed by atoms with E-state index in [9.17, 15) is 0 Å². The molecule has 104 valence electrons. The lowest BCUT2D eigenvalue weighted by Gasteiger charge is -2.13. The fourth-order valence-corrected chi connectivity index (χ4v) is 2.24. The molecule has 0 saturated carbocycles. The summed E-state index contributed by atoms with van der Waals surface area (Å²) in [7, 11) is 0. The van der Waals surface area contributed by atoms with Crippen molar-refractivity contribution in [2.75, 3.05) is 6.61 Å². The molecule has 1 aromatic carbocycles. The Morgan fingerprint density at radius 2 is 1.95 bits per heavy atom. The molecular weight excluding hydrogens is 268 g/mol. The number of hydrogen-bond acceptors (Lipinski definition) is 3. The van der Waals surface area contributed by atoms with E-state index in [0.29, 0.717) is 11.6 Å². The molecule has 20 heavy (non-hydrogen) atoms.